The van der Waals surface area contributed by atoms with Crippen molar-refractivity contribution >= 4 is 12.0 Å². The maximum atomic E-state index is 11.6. The number of nitrogens with zero attached hydrogens (tertiary/aromatic N) is 1. The summed E-state index contributed by atoms with van der Waals surface area (Å²) in [5.41, 5.74) is 0.00878. The molecule has 110 valence electrons. The third kappa shape index (κ3) is 2.92. The third-order valence-electron chi connectivity index (χ3n) is 3.82. The Hall–Kier alpha value is -2.05. The summed E-state index contributed by atoms with van der Waals surface area (Å²) in [6.45, 7) is 3.97. The molecule has 0 spiro atoms. The Morgan fingerprint density at radius 1 is 1.35 bits per heavy atom. The van der Waals surface area contributed by atoms with Crippen molar-refractivity contribution in [1.29, 1.82) is 0 Å². The fourth-order valence-electron chi connectivity index (χ4n) is 2.15. The van der Waals surface area contributed by atoms with Crippen LogP contribution < -0.4 is 10.6 Å². The minimum atomic E-state index is -0.844. The summed E-state index contributed by atoms with van der Waals surface area (Å²) in [7, 11) is 0. The number of aryl methyl sites for hydroxylation is 2. The predicted octanol–water partition coefficient (Wildman–Crippen LogP) is 1.35. The highest BCUT2D eigenvalue weighted by Crippen LogP contribution is 2.40. The van der Waals surface area contributed by atoms with Gasteiger partial charge < -0.3 is 20.2 Å². The third-order valence-corrected chi connectivity index (χ3v) is 3.82. The van der Waals surface area contributed by atoms with E-state index in [1.54, 1.807) is 6.92 Å². The number of carboxylic acid groups (broad SMARTS) is 1. The van der Waals surface area contributed by atoms with Gasteiger partial charge in [-0.15, -0.1) is 0 Å². The fourth-order valence-corrected chi connectivity index (χ4v) is 2.15. The van der Waals surface area contributed by atoms with Crippen molar-refractivity contribution in [2.45, 2.75) is 39.7 Å². The maximum Gasteiger partial charge on any atom is 0.315 e. The number of hydrogen-bond acceptors (Lipinski definition) is 4. The first-order chi connectivity index (χ1) is 9.43. The van der Waals surface area contributed by atoms with Crippen molar-refractivity contribution in [3.63, 3.8) is 0 Å². The van der Waals surface area contributed by atoms with Gasteiger partial charge in [0, 0.05) is 6.54 Å². The molecule has 1 fully saturated rings. The lowest BCUT2D eigenvalue weighted by Gasteiger charge is -2.37. The molecule has 7 heteroatoms. The van der Waals surface area contributed by atoms with Crippen LogP contribution in [0.1, 0.15) is 36.6 Å². The average molecular weight is 281 g/mol. The minimum Gasteiger partial charge on any atom is -0.481 e. The van der Waals surface area contributed by atoms with Gasteiger partial charge >= 0.3 is 12.0 Å². The molecular weight excluding hydrogens is 262 g/mol. The van der Waals surface area contributed by atoms with E-state index in [4.69, 9.17) is 9.52 Å². The summed E-state index contributed by atoms with van der Waals surface area (Å²) >= 11 is 0. The maximum absolute atomic E-state index is 11.6. The molecule has 20 heavy (non-hydrogen) atoms. The van der Waals surface area contributed by atoms with Gasteiger partial charge in [-0.05, 0) is 26.7 Å². The monoisotopic (exact) mass is 281 g/mol. The summed E-state index contributed by atoms with van der Waals surface area (Å²) in [6, 6.07) is -0.411. The van der Waals surface area contributed by atoms with Crippen LogP contribution >= 0.6 is 0 Å². The van der Waals surface area contributed by atoms with E-state index >= 15 is 0 Å². The number of urea groups is 1. The van der Waals surface area contributed by atoms with Crippen LogP contribution in [0.2, 0.25) is 0 Å². The summed E-state index contributed by atoms with van der Waals surface area (Å²) in [4.78, 5) is 26.9. The summed E-state index contributed by atoms with van der Waals surface area (Å²) in [5.74, 6) is 0.316. The van der Waals surface area contributed by atoms with Crippen molar-refractivity contribution in [3.05, 3.63) is 17.3 Å². The van der Waals surface area contributed by atoms with Crippen LogP contribution in [0.25, 0.3) is 0 Å². The quantitative estimate of drug-likeness (QED) is 0.755. The molecule has 2 rings (SSSR count). The summed E-state index contributed by atoms with van der Waals surface area (Å²) in [5, 5.41) is 14.3. The largest absolute Gasteiger partial charge is 0.481 e. The number of aromatic nitrogens is 1. The highest BCUT2D eigenvalue weighted by molar-refractivity contribution is 5.78. The van der Waals surface area contributed by atoms with E-state index in [-0.39, 0.29) is 13.1 Å². The molecule has 1 aliphatic carbocycles. The zero-order valence-corrected chi connectivity index (χ0v) is 11.7. The number of carbonyl (C=O) groups is 2. The van der Waals surface area contributed by atoms with Crippen LogP contribution in [-0.2, 0) is 11.3 Å². The molecule has 0 unspecified atom stereocenters. The Morgan fingerprint density at radius 2 is 2.05 bits per heavy atom. The van der Waals surface area contributed by atoms with Crippen LogP contribution in [0, 0.1) is 19.3 Å². The number of rotatable bonds is 5. The normalized spacial score (nSPS) is 16.3. The lowest BCUT2D eigenvalue weighted by molar-refractivity contribution is -0.153. The first-order valence-electron chi connectivity index (χ1n) is 6.61. The van der Waals surface area contributed by atoms with Gasteiger partial charge in [0.15, 0.2) is 0 Å². The second kappa shape index (κ2) is 5.52. The molecule has 7 nitrogen and oxygen atoms in total. The Balaban J connectivity index is 1.77. The Morgan fingerprint density at radius 3 is 2.50 bits per heavy atom. The molecule has 1 aromatic rings. The van der Waals surface area contributed by atoms with Crippen LogP contribution in [0.3, 0.4) is 0 Å². The molecule has 0 atom stereocenters. The number of carboxylic acids is 1. The molecule has 0 aliphatic heterocycles. The van der Waals surface area contributed by atoms with Crippen LogP contribution in [0.5, 0.6) is 0 Å². The van der Waals surface area contributed by atoms with E-state index in [1.165, 1.54) is 0 Å². The summed E-state index contributed by atoms with van der Waals surface area (Å²) < 4.78 is 5.33. The Kier molecular flexibility index (Phi) is 3.96. The van der Waals surface area contributed by atoms with Crippen LogP contribution in [0.4, 0.5) is 4.79 Å². The lowest BCUT2D eigenvalue weighted by Crippen LogP contribution is -2.49. The van der Waals surface area contributed by atoms with Crippen molar-refractivity contribution in [2.24, 2.45) is 5.41 Å². The molecule has 0 saturated heterocycles. The fraction of sp³-hybridized carbons (Fsp3) is 0.615. The number of hydrogen-bond donors (Lipinski definition) is 3. The molecule has 0 bridgehead atoms. The predicted molar refractivity (Wildman–Crippen MR) is 70.1 cm³/mol. The average Bonchev–Trinajstić information content (AvgIpc) is 2.64. The first kappa shape index (κ1) is 14.4. The molecule has 0 radical (unpaired) electrons. The zero-order chi connectivity index (χ0) is 14.8. The van der Waals surface area contributed by atoms with E-state index < -0.39 is 17.4 Å². The minimum absolute atomic E-state index is 0.151. The number of aliphatic carboxylic acids is 1. The van der Waals surface area contributed by atoms with Crippen molar-refractivity contribution < 1.29 is 19.1 Å². The zero-order valence-electron chi connectivity index (χ0n) is 11.7. The Bertz CT molecular complexity index is 500. The van der Waals surface area contributed by atoms with Gasteiger partial charge in [0.2, 0.25) is 5.89 Å². The number of carbonyl (C=O) groups excluding carboxylic acids is 1. The number of oxazole rings is 1. The van der Waals surface area contributed by atoms with Crippen LogP contribution in [-0.4, -0.2) is 28.6 Å². The standard InChI is InChI=1S/C13H19N3O4/c1-8-9(2)20-10(16-8)6-14-12(19)15-7-13(11(17)18)4-3-5-13/h3-7H2,1-2H3,(H,17,18)(H2,14,15,19). The van der Waals surface area contributed by atoms with Crippen LogP contribution in [0.15, 0.2) is 4.42 Å². The SMILES string of the molecule is Cc1nc(CNC(=O)NCC2(C(=O)O)CCC2)oc1C. The van der Waals surface area contributed by atoms with Gasteiger partial charge in [-0.3, -0.25) is 4.79 Å². The van der Waals surface area contributed by atoms with E-state index in [2.05, 4.69) is 15.6 Å². The first-order valence-corrected chi connectivity index (χ1v) is 6.61. The van der Waals surface area contributed by atoms with Gasteiger partial charge in [-0.1, -0.05) is 6.42 Å². The number of nitrogens with one attached hydrogen (secondary N) is 2. The molecule has 1 heterocycles. The second-order valence-electron chi connectivity index (χ2n) is 5.22. The molecule has 1 saturated carbocycles. The molecule has 0 aromatic carbocycles. The highest BCUT2D eigenvalue weighted by atomic mass is 16.4. The highest BCUT2D eigenvalue weighted by Gasteiger charge is 2.44. The van der Waals surface area contributed by atoms with E-state index in [0.29, 0.717) is 18.7 Å². The molecular formula is C13H19N3O4. The molecule has 3 N–H and O–H groups in total. The lowest BCUT2D eigenvalue weighted by atomic mass is 9.69. The van der Waals surface area contributed by atoms with Crippen molar-refractivity contribution in [2.75, 3.05) is 6.54 Å². The number of amides is 2. The van der Waals surface area contributed by atoms with Gasteiger partial charge in [0.1, 0.15) is 5.76 Å². The van der Waals surface area contributed by atoms with Crippen molar-refractivity contribution in [3.8, 4) is 0 Å². The van der Waals surface area contributed by atoms with Gasteiger partial charge in [-0.2, -0.15) is 0 Å². The topological polar surface area (TPSA) is 104 Å². The van der Waals surface area contributed by atoms with E-state index in [9.17, 15) is 9.59 Å². The van der Waals surface area contributed by atoms with Gasteiger partial charge in [0.25, 0.3) is 0 Å². The molecule has 2 amide bonds. The van der Waals surface area contributed by atoms with E-state index in [0.717, 1.165) is 17.9 Å². The second-order valence-corrected chi connectivity index (χ2v) is 5.22. The van der Waals surface area contributed by atoms with Crippen molar-refractivity contribution in [1.82, 2.24) is 15.6 Å². The molecule has 1 aromatic heterocycles. The van der Waals surface area contributed by atoms with Gasteiger partial charge in [0.05, 0.1) is 17.7 Å². The van der Waals surface area contributed by atoms with Gasteiger partial charge in [-0.25, -0.2) is 9.78 Å². The Labute approximate surface area is 116 Å². The smallest absolute Gasteiger partial charge is 0.315 e. The van der Waals surface area contributed by atoms with E-state index in [1.807, 2.05) is 6.92 Å². The summed E-state index contributed by atoms with van der Waals surface area (Å²) in [6.07, 6.45) is 2.12. The molecule has 1 aliphatic rings.